The van der Waals surface area contributed by atoms with Crippen molar-refractivity contribution < 1.29 is 18.8 Å². The number of carbonyl (C=O) groups is 1. The summed E-state index contributed by atoms with van der Waals surface area (Å²) in [5, 5.41) is 11.5. The van der Waals surface area contributed by atoms with Crippen molar-refractivity contribution in [1.29, 1.82) is 0 Å². The molecule has 6 nitrogen and oxygen atoms in total. The predicted octanol–water partition coefficient (Wildman–Crippen LogP) is 5.11. The average molecular weight is 447 g/mol. The van der Waals surface area contributed by atoms with Gasteiger partial charge in [-0.15, -0.1) is 0 Å². The molecular formula is C20H16BrFN2O4. The maximum Gasteiger partial charge on any atom is 0.354 e. The summed E-state index contributed by atoms with van der Waals surface area (Å²) >= 11 is 3.36. The van der Waals surface area contributed by atoms with Crippen LogP contribution in [0.5, 0.6) is 0 Å². The lowest BCUT2D eigenvalue weighted by Crippen LogP contribution is -2.12. The van der Waals surface area contributed by atoms with Gasteiger partial charge >= 0.3 is 5.97 Å². The first-order chi connectivity index (χ1) is 13.3. The van der Waals surface area contributed by atoms with E-state index in [0.717, 1.165) is 0 Å². The highest BCUT2D eigenvalue weighted by Crippen LogP contribution is 2.30. The summed E-state index contributed by atoms with van der Waals surface area (Å²) in [5.41, 5.74) is 2.59. The molecule has 0 aliphatic carbocycles. The second kappa shape index (κ2) is 7.93. The largest absolute Gasteiger partial charge is 0.464 e. The molecule has 0 aliphatic rings. The Kier molecular flexibility index (Phi) is 5.60. The fourth-order valence-corrected chi connectivity index (χ4v) is 3.71. The van der Waals surface area contributed by atoms with Crippen LogP contribution in [0.3, 0.4) is 0 Å². The average Bonchev–Trinajstić information content (AvgIpc) is 3.04. The smallest absolute Gasteiger partial charge is 0.354 e. The fraction of sp³-hybridized carbons (Fsp3) is 0.150. The van der Waals surface area contributed by atoms with Crippen molar-refractivity contribution in [2.75, 3.05) is 7.11 Å². The Hall–Kier alpha value is -3.00. The highest BCUT2D eigenvalue weighted by Gasteiger charge is 2.22. The molecule has 0 unspecified atom stereocenters. The van der Waals surface area contributed by atoms with E-state index in [1.807, 2.05) is 0 Å². The zero-order valence-electron chi connectivity index (χ0n) is 15.1. The van der Waals surface area contributed by atoms with E-state index in [4.69, 9.17) is 4.74 Å². The van der Waals surface area contributed by atoms with Gasteiger partial charge in [0.05, 0.1) is 24.1 Å². The van der Waals surface area contributed by atoms with Gasteiger partial charge in [0.15, 0.2) is 0 Å². The Balaban J connectivity index is 2.10. The number of nitro benzene ring substituents is 1. The number of methoxy groups -OCH3 is 1. The van der Waals surface area contributed by atoms with E-state index in [0.29, 0.717) is 26.7 Å². The highest BCUT2D eigenvalue weighted by atomic mass is 79.9. The molecule has 0 bridgehead atoms. The Morgan fingerprint density at radius 2 is 1.89 bits per heavy atom. The number of hydrogen-bond donors (Lipinski definition) is 0. The quantitative estimate of drug-likeness (QED) is 0.310. The normalized spacial score (nSPS) is 10.7. The van der Waals surface area contributed by atoms with Crippen molar-refractivity contribution in [3.8, 4) is 11.1 Å². The van der Waals surface area contributed by atoms with Crippen molar-refractivity contribution in [2.45, 2.75) is 13.5 Å². The van der Waals surface area contributed by atoms with Crippen LogP contribution in [-0.4, -0.2) is 22.6 Å². The van der Waals surface area contributed by atoms with Gasteiger partial charge in [-0.1, -0.05) is 28.1 Å². The van der Waals surface area contributed by atoms with Crippen LogP contribution in [-0.2, 0) is 11.3 Å². The molecule has 8 heteroatoms. The van der Waals surface area contributed by atoms with Crippen LogP contribution in [0.1, 0.15) is 21.6 Å². The molecule has 0 spiro atoms. The molecule has 3 rings (SSSR count). The molecular weight excluding hydrogens is 431 g/mol. The molecule has 1 aromatic heterocycles. The first kappa shape index (κ1) is 19.8. The van der Waals surface area contributed by atoms with E-state index < -0.39 is 10.9 Å². The predicted molar refractivity (Wildman–Crippen MR) is 106 cm³/mol. The third kappa shape index (κ3) is 3.96. The molecule has 0 N–H and O–H groups in total. The van der Waals surface area contributed by atoms with Crippen molar-refractivity contribution in [2.24, 2.45) is 0 Å². The number of rotatable bonds is 5. The first-order valence-corrected chi connectivity index (χ1v) is 9.07. The monoisotopic (exact) mass is 446 g/mol. The molecule has 0 atom stereocenters. The number of carbonyl (C=O) groups excluding carboxylic acids is 1. The van der Waals surface area contributed by atoms with Gasteiger partial charge in [0, 0.05) is 21.8 Å². The third-order valence-electron chi connectivity index (χ3n) is 4.34. The van der Waals surface area contributed by atoms with Crippen LogP contribution in [0.15, 0.2) is 53.1 Å². The number of nitro groups is 1. The van der Waals surface area contributed by atoms with Gasteiger partial charge in [-0.25, -0.2) is 9.18 Å². The fourth-order valence-electron chi connectivity index (χ4n) is 3.09. The topological polar surface area (TPSA) is 74.4 Å². The van der Waals surface area contributed by atoms with Crippen molar-refractivity contribution in [3.05, 3.63) is 85.9 Å². The zero-order chi connectivity index (χ0) is 20.4. The molecule has 1 heterocycles. The van der Waals surface area contributed by atoms with Gasteiger partial charge < -0.3 is 9.30 Å². The second-order valence-electron chi connectivity index (χ2n) is 6.23. The standard InChI is InChI=1S/C20H16BrFN2O4/c1-12-7-16(21)8-15(19(12)24(26)27)11-23-10-14(9-18(23)20(25)28-2)13-3-5-17(22)6-4-13/h3-10H,11H2,1-2H3. The molecule has 144 valence electrons. The molecule has 0 saturated heterocycles. The second-order valence-corrected chi connectivity index (χ2v) is 7.14. The summed E-state index contributed by atoms with van der Waals surface area (Å²) in [6.07, 6.45) is 1.69. The summed E-state index contributed by atoms with van der Waals surface area (Å²) in [7, 11) is 1.27. The van der Waals surface area contributed by atoms with Crippen LogP contribution in [0, 0.1) is 22.9 Å². The van der Waals surface area contributed by atoms with E-state index >= 15 is 0 Å². The lowest BCUT2D eigenvalue weighted by molar-refractivity contribution is -0.386. The lowest BCUT2D eigenvalue weighted by Gasteiger charge is -2.10. The molecule has 28 heavy (non-hydrogen) atoms. The Labute approximate surface area is 168 Å². The number of nitrogens with zero attached hydrogens (tertiary/aromatic N) is 2. The lowest BCUT2D eigenvalue weighted by atomic mass is 10.1. The number of aromatic nitrogens is 1. The molecule has 0 amide bonds. The SMILES string of the molecule is COC(=O)c1cc(-c2ccc(F)cc2)cn1Cc1cc(Br)cc(C)c1[N+](=O)[O-]. The number of aryl methyl sites for hydroxylation is 1. The minimum atomic E-state index is -0.567. The maximum absolute atomic E-state index is 13.2. The Morgan fingerprint density at radius 1 is 1.21 bits per heavy atom. The number of halogens is 2. The summed E-state index contributed by atoms with van der Waals surface area (Å²) in [6, 6.07) is 10.8. The van der Waals surface area contributed by atoms with E-state index in [1.165, 1.54) is 19.2 Å². The van der Waals surface area contributed by atoms with Gasteiger partial charge in [0.1, 0.15) is 11.5 Å². The number of benzene rings is 2. The molecule has 2 aromatic carbocycles. The van der Waals surface area contributed by atoms with Crippen LogP contribution < -0.4 is 0 Å². The first-order valence-electron chi connectivity index (χ1n) is 8.28. The highest BCUT2D eigenvalue weighted by molar-refractivity contribution is 9.10. The molecule has 0 radical (unpaired) electrons. The molecule has 0 fully saturated rings. The van der Waals surface area contributed by atoms with Crippen LogP contribution in [0.4, 0.5) is 10.1 Å². The summed E-state index contributed by atoms with van der Waals surface area (Å²) < 4.78 is 20.4. The minimum absolute atomic E-state index is 0.00366. The Morgan fingerprint density at radius 3 is 2.50 bits per heavy atom. The number of esters is 1. The van der Waals surface area contributed by atoms with Crippen LogP contribution >= 0.6 is 15.9 Å². The minimum Gasteiger partial charge on any atom is -0.464 e. The van der Waals surface area contributed by atoms with Crippen LogP contribution in [0.25, 0.3) is 11.1 Å². The van der Waals surface area contributed by atoms with Gasteiger partial charge in [-0.05, 0) is 42.8 Å². The Bertz CT molecular complexity index is 1060. The van der Waals surface area contributed by atoms with Crippen molar-refractivity contribution in [3.63, 3.8) is 0 Å². The van der Waals surface area contributed by atoms with Gasteiger partial charge in [0.2, 0.25) is 0 Å². The molecule has 3 aromatic rings. The summed E-state index contributed by atoms with van der Waals surface area (Å²) in [6.45, 7) is 1.76. The van der Waals surface area contributed by atoms with Gasteiger partial charge in [0.25, 0.3) is 5.69 Å². The van der Waals surface area contributed by atoms with Crippen molar-refractivity contribution >= 4 is 27.6 Å². The van der Waals surface area contributed by atoms with E-state index in [9.17, 15) is 19.3 Å². The van der Waals surface area contributed by atoms with E-state index in [-0.39, 0.29) is 23.7 Å². The number of hydrogen-bond acceptors (Lipinski definition) is 4. The third-order valence-corrected chi connectivity index (χ3v) is 4.79. The van der Waals surface area contributed by atoms with Gasteiger partial charge in [-0.2, -0.15) is 0 Å². The van der Waals surface area contributed by atoms with E-state index in [2.05, 4.69) is 15.9 Å². The number of ether oxygens (including phenoxy) is 1. The van der Waals surface area contributed by atoms with Gasteiger partial charge in [-0.3, -0.25) is 10.1 Å². The summed E-state index contributed by atoms with van der Waals surface area (Å²) in [4.78, 5) is 23.3. The zero-order valence-corrected chi connectivity index (χ0v) is 16.7. The van der Waals surface area contributed by atoms with E-state index in [1.54, 1.807) is 48.0 Å². The van der Waals surface area contributed by atoms with Crippen molar-refractivity contribution in [1.82, 2.24) is 4.57 Å². The molecule has 0 aliphatic heterocycles. The van der Waals surface area contributed by atoms with Crippen LogP contribution in [0.2, 0.25) is 0 Å². The maximum atomic E-state index is 13.2. The molecule has 0 saturated carbocycles. The summed E-state index contributed by atoms with van der Waals surface area (Å²) in [5.74, 6) is -0.931.